The molecule has 4 nitrogen and oxygen atoms in total. The van der Waals surface area contributed by atoms with Crippen LogP contribution < -0.4 is 0 Å². The fourth-order valence-electron chi connectivity index (χ4n) is 8.70. The Morgan fingerprint density at radius 2 is 0.714 bits per heavy atom. The van der Waals surface area contributed by atoms with Gasteiger partial charge in [0.2, 0.25) is 0 Å². The zero-order valence-corrected chi connectivity index (χ0v) is 27.0. The molecule has 2 heterocycles. The number of hydrogen-bond acceptors (Lipinski definition) is 4. The maximum Gasteiger partial charge on any atom is 0.160 e. The summed E-state index contributed by atoms with van der Waals surface area (Å²) in [5, 5.41) is 0. The average Bonchev–Trinajstić information content (AvgIpc) is 3.18. The van der Waals surface area contributed by atoms with E-state index in [0.29, 0.717) is 5.82 Å². The van der Waals surface area contributed by atoms with Gasteiger partial charge in [-0.3, -0.25) is 0 Å². The Kier molecular flexibility index (Phi) is 6.61. The van der Waals surface area contributed by atoms with Gasteiger partial charge in [-0.15, -0.1) is 0 Å². The van der Waals surface area contributed by atoms with Crippen LogP contribution in [0, 0.1) is 23.7 Å². The van der Waals surface area contributed by atoms with Crippen molar-refractivity contribution in [2.75, 3.05) is 0 Å². The third kappa shape index (κ3) is 4.90. The van der Waals surface area contributed by atoms with Crippen LogP contribution in [0.1, 0.15) is 24.3 Å². The number of nitrogens with zero attached hydrogens (tertiary/aromatic N) is 4. The van der Waals surface area contributed by atoms with Gasteiger partial charge in [-0.05, 0) is 60.1 Å². The van der Waals surface area contributed by atoms with Crippen LogP contribution in [0.15, 0.2) is 152 Å². The van der Waals surface area contributed by atoms with Crippen molar-refractivity contribution < 1.29 is 0 Å². The molecule has 0 radical (unpaired) electrons. The van der Waals surface area contributed by atoms with E-state index in [1.165, 1.54) is 18.4 Å². The smallest absolute Gasteiger partial charge is 0.160 e. The summed E-state index contributed by atoms with van der Waals surface area (Å²) >= 11 is 0. The molecule has 2 atom stereocenters. The molecule has 5 aromatic carbocycles. The second kappa shape index (κ2) is 11.5. The Labute approximate surface area is 286 Å². The minimum absolute atomic E-state index is 0.710. The van der Waals surface area contributed by atoms with E-state index in [1.54, 1.807) is 0 Å². The van der Waals surface area contributed by atoms with Crippen molar-refractivity contribution in [3.8, 4) is 67.8 Å². The molecule has 3 saturated carbocycles. The molecule has 2 aromatic heterocycles. The van der Waals surface area contributed by atoms with Crippen LogP contribution in [-0.4, -0.2) is 19.9 Å². The van der Waals surface area contributed by atoms with E-state index in [-0.39, 0.29) is 0 Å². The molecule has 0 N–H and O–H groups in total. The highest BCUT2D eigenvalue weighted by Gasteiger charge is 2.67. The lowest BCUT2D eigenvalue weighted by atomic mass is 9.31. The predicted octanol–water partition coefficient (Wildman–Crippen LogP) is 10.6. The molecule has 49 heavy (non-hydrogen) atoms. The van der Waals surface area contributed by atoms with Crippen molar-refractivity contribution in [3.05, 3.63) is 157 Å². The molecule has 0 saturated heterocycles. The monoisotopic (exact) mass is 630 g/mol. The first kappa shape index (κ1) is 28.3. The van der Waals surface area contributed by atoms with Crippen molar-refractivity contribution in [2.45, 2.75) is 18.8 Å². The zero-order valence-electron chi connectivity index (χ0n) is 27.0. The summed E-state index contributed by atoms with van der Waals surface area (Å²) in [4.78, 5) is 20.2. The molecule has 3 fully saturated rings. The van der Waals surface area contributed by atoms with Crippen LogP contribution in [0.3, 0.4) is 0 Å². The maximum atomic E-state index is 5.14. The number of hydrogen-bond donors (Lipinski definition) is 0. The Balaban J connectivity index is 1.01. The number of rotatable bonds is 7. The highest BCUT2D eigenvalue weighted by Crippen LogP contribution is 2.75. The van der Waals surface area contributed by atoms with Gasteiger partial charge in [0.1, 0.15) is 0 Å². The van der Waals surface area contributed by atoms with Crippen molar-refractivity contribution in [1.29, 1.82) is 0 Å². The summed E-state index contributed by atoms with van der Waals surface area (Å²) in [6.07, 6.45) is 2.88. The second-order valence-electron chi connectivity index (χ2n) is 13.9. The molecule has 0 spiro atoms. The van der Waals surface area contributed by atoms with Gasteiger partial charge in [0.25, 0.3) is 0 Å². The van der Waals surface area contributed by atoms with Crippen molar-refractivity contribution in [2.24, 2.45) is 23.7 Å². The van der Waals surface area contributed by atoms with Gasteiger partial charge in [-0.2, -0.15) is 0 Å². The number of benzene rings is 5. The third-order valence-electron chi connectivity index (χ3n) is 11.3. The molecule has 3 aliphatic carbocycles. The molecule has 3 aliphatic rings. The topological polar surface area (TPSA) is 51.6 Å². The predicted molar refractivity (Wildman–Crippen MR) is 196 cm³/mol. The first-order valence-electron chi connectivity index (χ1n) is 17.4. The molecule has 10 rings (SSSR count). The Morgan fingerprint density at radius 1 is 0.367 bits per heavy atom. The molecule has 0 aliphatic heterocycles. The van der Waals surface area contributed by atoms with Crippen molar-refractivity contribution in [1.82, 2.24) is 19.9 Å². The summed E-state index contributed by atoms with van der Waals surface area (Å²) in [7, 11) is 0. The van der Waals surface area contributed by atoms with Gasteiger partial charge >= 0.3 is 0 Å². The molecule has 7 aromatic rings. The summed E-state index contributed by atoms with van der Waals surface area (Å²) in [6.45, 7) is 0. The fraction of sp³-hybridized carbons (Fsp3) is 0.156. The largest absolute Gasteiger partial charge is 0.228 e. The van der Waals surface area contributed by atoms with Gasteiger partial charge in [-0.1, -0.05) is 140 Å². The van der Waals surface area contributed by atoms with Crippen LogP contribution in [0.4, 0.5) is 0 Å². The van der Waals surface area contributed by atoms with E-state index < -0.39 is 0 Å². The maximum absolute atomic E-state index is 5.14. The Bertz CT molecular complexity index is 2210. The highest BCUT2D eigenvalue weighted by molar-refractivity contribution is 5.76. The third-order valence-corrected chi connectivity index (χ3v) is 11.3. The van der Waals surface area contributed by atoms with Gasteiger partial charge in [0, 0.05) is 33.4 Å². The Hall–Kier alpha value is -5.74. The summed E-state index contributed by atoms with van der Waals surface area (Å²) in [6, 6.07) is 52.8. The molecule has 0 bridgehead atoms. The molecule has 2 unspecified atom stereocenters. The van der Waals surface area contributed by atoms with E-state index in [2.05, 4.69) is 109 Å². The van der Waals surface area contributed by atoms with Gasteiger partial charge in [0.15, 0.2) is 11.6 Å². The first-order chi connectivity index (χ1) is 24.2. The lowest BCUT2D eigenvalue weighted by Crippen LogP contribution is -2.65. The molecule has 4 heteroatoms. The quantitative estimate of drug-likeness (QED) is 0.176. The highest BCUT2D eigenvalue weighted by atomic mass is 14.9. The van der Waals surface area contributed by atoms with Crippen LogP contribution >= 0.6 is 0 Å². The van der Waals surface area contributed by atoms with E-state index in [1.807, 2.05) is 42.5 Å². The molecular formula is C45H34N4. The van der Waals surface area contributed by atoms with E-state index in [4.69, 9.17) is 19.9 Å². The molecule has 234 valence electrons. The van der Waals surface area contributed by atoms with Gasteiger partial charge in [-0.25, -0.2) is 19.9 Å². The van der Waals surface area contributed by atoms with E-state index in [9.17, 15) is 0 Å². The van der Waals surface area contributed by atoms with E-state index in [0.717, 1.165) is 91.6 Å². The summed E-state index contributed by atoms with van der Waals surface area (Å²) in [5.41, 5.74) is 11.3. The van der Waals surface area contributed by atoms with Gasteiger partial charge in [0.05, 0.1) is 22.8 Å². The van der Waals surface area contributed by atoms with Crippen LogP contribution in [-0.2, 0) is 0 Å². The fourth-order valence-corrected chi connectivity index (χ4v) is 8.70. The van der Waals surface area contributed by atoms with Crippen LogP contribution in [0.2, 0.25) is 0 Å². The Morgan fingerprint density at radius 3 is 1.10 bits per heavy atom. The lowest BCUT2D eigenvalue weighted by molar-refractivity contribution is -0.214. The number of aromatic nitrogens is 4. The van der Waals surface area contributed by atoms with Crippen molar-refractivity contribution >= 4 is 0 Å². The van der Waals surface area contributed by atoms with Crippen LogP contribution in [0.25, 0.3) is 67.8 Å². The standard InChI is InChI=1S/C45H34N4/c1-4-10-28(11-5-1)38-26-40(48-44(46-38)33-14-8-3-9-15-33)30-16-18-31(19-17-30)41-27-39(29-12-6-2-7-13-29)47-45(49-41)34-22-20-32(21-23-34)42-36-24-35-25-37(42)43(35)36/h1-23,26-27,35-37,42-43H,24-25H2. The zero-order chi connectivity index (χ0) is 32.3. The average molecular weight is 631 g/mol. The second-order valence-corrected chi connectivity index (χ2v) is 13.9. The molecule has 0 amide bonds. The summed E-state index contributed by atoms with van der Waals surface area (Å²) in [5.74, 6) is 6.17. The first-order valence-corrected chi connectivity index (χ1v) is 17.4. The summed E-state index contributed by atoms with van der Waals surface area (Å²) < 4.78 is 0. The SMILES string of the molecule is c1ccc(-c2cc(-c3ccc(-c4cc(-c5ccccc5)nc(-c5ccc(C6C7CC8CC6C87)cc5)n4)cc3)nc(-c3ccccc3)n2)cc1. The van der Waals surface area contributed by atoms with E-state index >= 15 is 0 Å². The van der Waals surface area contributed by atoms with Gasteiger partial charge < -0.3 is 0 Å². The van der Waals surface area contributed by atoms with Crippen LogP contribution in [0.5, 0.6) is 0 Å². The lowest BCUT2D eigenvalue weighted by Gasteiger charge is -2.73. The minimum Gasteiger partial charge on any atom is -0.228 e. The normalized spacial score (nSPS) is 21.5. The van der Waals surface area contributed by atoms with Crippen molar-refractivity contribution in [3.63, 3.8) is 0 Å². The molecular weight excluding hydrogens is 597 g/mol. The minimum atomic E-state index is 0.710.